The molecule has 4 aromatic rings. The number of benzene rings is 2. The summed E-state index contributed by atoms with van der Waals surface area (Å²) in [6.45, 7) is 0.194. The fraction of sp³-hybridized carbons (Fsp3) is 0.111. The molecule has 6 heteroatoms. The zero-order valence-electron chi connectivity index (χ0n) is 12.8. The van der Waals surface area contributed by atoms with E-state index in [2.05, 4.69) is 4.98 Å². The Morgan fingerprint density at radius 3 is 2.88 bits per heavy atom. The number of para-hydroxylation sites is 1. The number of methoxy groups -OCH3 is 1. The first-order valence-electron chi connectivity index (χ1n) is 7.36. The van der Waals surface area contributed by atoms with E-state index in [1.165, 1.54) is 30.1 Å². The average molecular weight is 324 g/mol. The van der Waals surface area contributed by atoms with E-state index in [1.54, 1.807) is 12.1 Å². The topological polar surface area (TPSA) is 57.3 Å². The molecule has 5 nitrogen and oxygen atoms in total. The molecule has 0 aliphatic carbocycles. The molecule has 0 saturated heterocycles. The number of ether oxygens (including phenoxy) is 1. The Labute approximate surface area is 135 Å². The molecular weight excluding hydrogens is 311 g/mol. The van der Waals surface area contributed by atoms with Gasteiger partial charge in [-0.3, -0.25) is 9.36 Å². The molecule has 120 valence electrons. The van der Waals surface area contributed by atoms with Gasteiger partial charge < -0.3 is 9.15 Å². The van der Waals surface area contributed by atoms with E-state index < -0.39 is 5.82 Å². The fourth-order valence-electron chi connectivity index (χ4n) is 2.73. The van der Waals surface area contributed by atoms with E-state index in [0.29, 0.717) is 16.7 Å². The van der Waals surface area contributed by atoms with Crippen molar-refractivity contribution in [3.8, 4) is 5.75 Å². The molecule has 24 heavy (non-hydrogen) atoms. The summed E-state index contributed by atoms with van der Waals surface area (Å²) in [4.78, 5) is 17.0. The summed E-state index contributed by atoms with van der Waals surface area (Å²) in [5.41, 5.74) is 1.69. The third-order valence-corrected chi connectivity index (χ3v) is 3.92. The van der Waals surface area contributed by atoms with Gasteiger partial charge in [0.05, 0.1) is 20.0 Å². The molecule has 0 saturated carbocycles. The summed E-state index contributed by atoms with van der Waals surface area (Å²) in [5, 5.41) is 0.798. The first-order valence-corrected chi connectivity index (χ1v) is 7.36. The Kier molecular flexibility index (Phi) is 3.30. The minimum atomic E-state index is -0.471. The first-order chi connectivity index (χ1) is 11.7. The van der Waals surface area contributed by atoms with Gasteiger partial charge in [0, 0.05) is 5.39 Å². The molecule has 0 amide bonds. The number of hydrogen-bond acceptors (Lipinski definition) is 4. The van der Waals surface area contributed by atoms with Crippen LogP contribution < -0.4 is 10.3 Å². The van der Waals surface area contributed by atoms with Gasteiger partial charge in [-0.15, -0.1) is 0 Å². The Morgan fingerprint density at radius 1 is 1.25 bits per heavy atom. The van der Waals surface area contributed by atoms with Crippen molar-refractivity contribution in [1.82, 2.24) is 9.55 Å². The highest BCUT2D eigenvalue weighted by Crippen LogP contribution is 2.24. The molecule has 2 aromatic heterocycles. The molecule has 4 rings (SSSR count). The number of aromatic nitrogens is 2. The van der Waals surface area contributed by atoms with E-state index in [4.69, 9.17) is 9.15 Å². The van der Waals surface area contributed by atoms with Crippen LogP contribution >= 0.6 is 0 Å². The van der Waals surface area contributed by atoms with E-state index in [-0.39, 0.29) is 23.4 Å². The van der Waals surface area contributed by atoms with Gasteiger partial charge in [-0.25, -0.2) is 9.37 Å². The third-order valence-electron chi connectivity index (χ3n) is 3.92. The maximum Gasteiger partial charge on any atom is 0.297 e. The van der Waals surface area contributed by atoms with Crippen LogP contribution in [-0.2, 0) is 6.54 Å². The lowest BCUT2D eigenvalue weighted by atomic mass is 10.2. The van der Waals surface area contributed by atoms with Crippen LogP contribution in [0, 0.1) is 5.82 Å². The lowest BCUT2D eigenvalue weighted by Gasteiger charge is -2.07. The minimum Gasteiger partial charge on any atom is -0.494 e. The molecular formula is C18H13FN2O3. The first kappa shape index (κ1) is 14.4. The monoisotopic (exact) mass is 324 g/mol. The normalized spacial score (nSPS) is 11.2. The Balaban J connectivity index is 1.80. The fourth-order valence-corrected chi connectivity index (χ4v) is 2.73. The van der Waals surface area contributed by atoms with Gasteiger partial charge in [0.15, 0.2) is 11.6 Å². The standard InChI is InChI=1S/C18H13FN2O3/c1-23-15-7-6-11(8-13(15)19)9-21-10-20-16-12-4-2-3-5-14(12)24-17(16)18(21)22/h2-8,10H,9H2,1H3. The maximum atomic E-state index is 13.8. The highest BCUT2D eigenvalue weighted by molar-refractivity contribution is 6.01. The molecule has 0 aliphatic heterocycles. The van der Waals surface area contributed by atoms with Crippen molar-refractivity contribution in [2.24, 2.45) is 0 Å². The predicted octanol–water partition coefficient (Wildman–Crippen LogP) is 3.34. The minimum absolute atomic E-state index is 0.164. The molecule has 2 aromatic carbocycles. The summed E-state index contributed by atoms with van der Waals surface area (Å²) in [5.74, 6) is -0.308. The SMILES string of the molecule is COc1ccc(Cn2cnc3c(oc4ccccc43)c2=O)cc1F. The van der Waals surface area contributed by atoms with Crippen molar-refractivity contribution in [3.05, 3.63) is 70.5 Å². The van der Waals surface area contributed by atoms with Crippen molar-refractivity contribution in [2.45, 2.75) is 6.54 Å². The molecule has 0 radical (unpaired) electrons. The lowest BCUT2D eigenvalue weighted by molar-refractivity contribution is 0.386. The van der Waals surface area contributed by atoms with E-state index >= 15 is 0 Å². The molecule has 0 atom stereocenters. The van der Waals surface area contributed by atoms with Gasteiger partial charge in [0.2, 0.25) is 5.58 Å². The van der Waals surface area contributed by atoms with Gasteiger partial charge in [0.1, 0.15) is 11.1 Å². The Morgan fingerprint density at radius 2 is 2.08 bits per heavy atom. The largest absolute Gasteiger partial charge is 0.494 e. The summed E-state index contributed by atoms with van der Waals surface area (Å²) in [6, 6.07) is 11.9. The number of furan rings is 1. The number of halogens is 1. The van der Waals surface area contributed by atoms with Gasteiger partial charge in [0.25, 0.3) is 5.56 Å². The average Bonchev–Trinajstić information content (AvgIpc) is 2.97. The predicted molar refractivity (Wildman–Crippen MR) is 87.8 cm³/mol. The zero-order valence-corrected chi connectivity index (χ0v) is 12.8. The number of fused-ring (bicyclic) bond motifs is 3. The third kappa shape index (κ3) is 2.23. The Bertz CT molecular complexity index is 1110. The van der Waals surface area contributed by atoms with Crippen molar-refractivity contribution in [1.29, 1.82) is 0 Å². The summed E-state index contributed by atoms with van der Waals surface area (Å²) >= 11 is 0. The second kappa shape index (κ2) is 5.49. The van der Waals surface area contributed by atoms with Crippen molar-refractivity contribution >= 4 is 22.1 Å². The van der Waals surface area contributed by atoms with Crippen LogP contribution in [0.25, 0.3) is 22.1 Å². The molecule has 0 bridgehead atoms. The van der Waals surface area contributed by atoms with Crippen molar-refractivity contribution in [2.75, 3.05) is 7.11 Å². The van der Waals surface area contributed by atoms with E-state index in [9.17, 15) is 9.18 Å². The highest BCUT2D eigenvalue weighted by atomic mass is 19.1. The smallest absolute Gasteiger partial charge is 0.297 e. The zero-order chi connectivity index (χ0) is 16.7. The molecule has 0 spiro atoms. The van der Waals surface area contributed by atoms with Gasteiger partial charge in [-0.05, 0) is 29.8 Å². The quantitative estimate of drug-likeness (QED) is 0.580. The molecule has 2 heterocycles. The second-order valence-electron chi connectivity index (χ2n) is 5.42. The Hall–Kier alpha value is -3.15. The van der Waals surface area contributed by atoms with Crippen LogP contribution in [0.5, 0.6) is 5.75 Å². The summed E-state index contributed by atoms with van der Waals surface area (Å²) in [6.07, 6.45) is 1.45. The molecule has 0 fully saturated rings. The molecule has 0 aliphatic rings. The van der Waals surface area contributed by atoms with Crippen molar-refractivity contribution < 1.29 is 13.5 Å². The number of rotatable bonds is 3. The number of nitrogens with zero attached hydrogens (tertiary/aromatic N) is 2. The number of hydrogen-bond donors (Lipinski definition) is 0. The van der Waals surface area contributed by atoms with Crippen LogP contribution in [0.3, 0.4) is 0 Å². The van der Waals surface area contributed by atoms with Crippen molar-refractivity contribution in [3.63, 3.8) is 0 Å². The summed E-state index contributed by atoms with van der Waals surface area (Å²) < 4.78 is 25.7. The van der Waals surface area contributed by atoms with Gasteiger partial charge >= 0.3 is 0 Å². The second-order valence-corrected chi connectivity index (χ2v) is 5.42. The lowest BCUT2D eigenvalue weighted by Crippen LogP contribution is -2.20. The van der Waals surface area contributed by atoms with Crippen LogP contribution in [-0.4, -0.2) is 16.7 Å². The highest BCUT2D eigenvalue weighted by Gasteiger charge is 2.13. The van der Waals surface area contributed by atoms with E-state index in [0.717, 1.165) is 5.39 Å². The molecule has 0 N–H and O–H groups in total. The maximum absolute atomic E-state index is 13.8. The summed E-state index contributed by atoms with van der Waals surface area (Å²) in [7, 11) is 1.40. The van der Waals surface area contributed by atoms with Crippen LogP contribution in [0.4, 0.5) is 4.39 Å². The molecule has 0 unspecified atom stereocenters. The van der Waals surface area contributed by atoms with Crippen LogP contribution in [0.2, 0.25) is 0 Å². The van der Waals surface area contributed by atoms with Crippen LogP contribution in [0.1, 0.15) is 5.56 Å². The van der Waals surface area contributed by atoms with Crippen LogP contribution in [0.15, 0.2) is 58.0 Å². The van der Waals surface area contributed by atoms with Gasteiger partial charge in [-0.1, -0.05) is 18.2 Å². The van der Waals surface area contributed by atoms with Gasteiger partial charge in [-0.2, -0.15) is 0 Å². The van der Waals surface area contributed by atoms with E-state index in [1.807, 2.05) is 18.2 Å².